The van der Waals surface area contributed by atoms with Crippen molar-refractivity contribution < 1.29 is 14.3 Å². The Morgan fingerprint density at radius 3 is 2.43 bits per heavy atom. The molecule has 0 bridgehead atoms. The molecule has 0 radical (unpaired) electrons. The van der Waals surface area contributed by atoms with Crippen molar-refractivity contribution >= 4 is 17.6 Å². The van der Waals surface area contributed by atoms with E-state index < -0.39 is 0 Å². The van der Waals surface area contributed by atoms with E-state index in [1.807, 2.05) is 6.92 Å². The van der Waals surface area contributed by atoms with Gasteiger partial charge in [-0.25, -0.2) is 4.79 Å². The molecule has 0 aromatic heterocycles. The summed E-state index contributed by atoms with van der Waals surface area (Å²) in [5.74, 6) is -0.439. The molecule has 0 aliphatic rings. The highest BCUT2D eigenvalue weighted by molar-refractivity contribution is 5.94. The maximum absolute atomic E-state index is 11.9. The molecular weight excluding hydrogens is 268 g/mol. The van der Waals surface area contributed by atoms with E-state index in [9.17, 15) is 9.59 Å². The van der Waals surface area contributed by atoms with Crippen LogP contribution in [0.15, 0.2) is 18.2 Å². The van der Waals surface area contributed by atoms with Gasteiger partial charge in [-0.05, 0) is 51.5 Å². The van der Waals surface area contributed by atoms with Crippen LogP contribution in [0.2, 0.25) is 0 Å². The van der Waals surface area contributed by atoms with Gasteiger partial charge in [0.2, 0.25) is 5.91 Å². The molecule has 21 heavy (non-hydrogen) atoms. The molecule has 5 heteroatoms. The number of hydrogen-bond donors (Lipinski definition) is 2. The number of aryl methyl sites for hydroxylation is 1. The van der Waals surface area contributed by atoms with Gasteiger partial charge in [-0.1, -0.05) is 0 Å². The van der Waals surface area contributed by atoms with Gasteiger partial charge in [0.05, 0.1) is 12.7 Å². The van der Waals surface area contributed by atoms with Crippen molar-refractivity contribution in [1.29, 1.82) is 0 Å². The van der Waals surface area contributed by atoms with E-state index in [0.29, 0.717) is 24.2 Å². The molecule has 1 aromatic carbocycles. The van der Waals surface area contributed by atoms with Crippen LogP contribution in [0, 0.1) is 6.92 Å². The number of benzene rings is 1. The summed E-state index contributed by atoms with van der Waals surface area (Å²) >= 11 is 0. The second kappa shape index (κ2) is 7.22. The molecule has 0 saturated heterocycles. The smallest absolute Gasteiger partial charge is 0.337 e. The van der Waals surface area contributed by atoms with Gasteiger partial charge in [-0.15, -0.1) is 0 Å². The first-order valence-electron chi connectivity index (χ1n) is 6.97. The number of carbonyl (C=O) groups excluding carboxylic acids is 2. The van der Waals surface area contributed by atoms with Crippen LogP contribution in [-0.4, -0.2) is 31.1 Å². The number of carbonyl (C=O) groups is 2. The van der Waals surface area contributed by atoms with Crippen molar-refractivity contribution in [3.05, 3.63) is 29.3 Å². The largest absolute Gasteiger partial charge is 0.465 e. The van der Waals surface area contributed by atoms with E-state index in [4.69, 9.17) is 0 Å². The Bertz CT molecular complexity index is 519. The first kappa shape index (κ1) is 17.2. The van der Waals surface area contributed by atoms with Crippen molar-refractivity contribution in [2.24, 2.45) is 0 Å². The van der Waals surface area contributed by atoms with E-state index in [1.54, 1.807) is 18.2 Å². The van der Waals surface area contributed by atoms with E-state index >= 15 is 0 Å². The zero-order valence-electron chi connectivity index (χ0n) is 13.4. The summed E-state index contributed by atoms with van der Waals surface area (Å²) in [6.45, 7) is 8.63. The zero-order valence-corrected chi connectivity index (χ0v) is 13.4. The molecule has 0 aliphatic heterocycles. The predicted molar refractivity (Wildman–Crippen MR) is 83.5 cm³/mol. The minimum atomic E-state index is -0.384. The van der Waals surface area contributed by atoms with Crippen molar-refractivity contribution in [1.82, 2.24) is 5.32 Å². The second-order valence-corrected chi connectivity index (χ2v) is 6.00. The summed E-state index contributed by atoms with van der Waals surface area (Å²) in [6, 6.07) is 5.06. The van der Waals surface area contributed by atoms with E-state index in [1.165, 1.54) is 7.11 Å². The van der Waals surface area contributed by atoms with Crippen molar-refractivity contribution in [2.45, 2.75) is 39.7 Å². The lowest BCUT2D eigenvalue weighted by Crippen LogP contribution is -2.37. The van der Waals surface area contributed by atoms with Crippen LogP contribution in [0.25, 0.3) is 0 Å². The Labute approximate surface area is 126 Å². The lowest BCUT2D eigenvalue weighted by Gasteiger charge is -2.20. The Morgan fingerprint density at radius 2 is 1.90 bits per heavy atom. The monoisotopic (exact) mass is 292 g/mol. The van der Waals surface area contributed by atoms with Gasteiger partial charge < -0.3 is 15.4 Å². The van der Waals surface area contributed by atoms with Crippen LogP contribution in [-0.2, 0) is 9.53 Å². The molecule has 1 aromatic rings. The average Bonchev–Trinajstić information content (AvgIpc) is 2.38. The summed E-state index contributed by atoms with van der Waals surface area (Å²) in [5.41, 5.74) is 2.01. The van der Waals surface area contributed by atoms with E-state index in [2.05, 4.69) is 36.1 Å². The number of ether oxygens (including phenoxy) is 1. The van der Waals surface area contributed by atoms with Gasteiger partial charge in [0.25, 0.3) is 0 Å². The molecule has 116 valence electrons. The summed E-state index contributed by atoms with van der Waals surface area (Å²) in [5, 5.41) is 6.11. The molecule has 2 N–H and O–H groups in total. The molecule has 0 aliphatic carbocycles. The zero-order chi connectivity index (χ0) is 16.0. The fraction of sp³-hybridized carbons (Fsp3) is 0.500. The predicted octanol–water partition coefficient (Wildman–Crippen LogP) is 2.50. The van der Waals surface area contributed by atoms with E-state index in [-0.39, 0.29) is 17.4 Å². The van der Waals surface area contributed by atoms with Gasteiger partial charge in [0.15, 0.2) is 0 Å². The number of methoxy groups -OCH3 is 1. The summed E-state index contributed by atoms with van der Waals surface area (Å²) in [7, 11) is 1.34. The highest BCUT2D eigenvalue weighted by atomic mass is 16.5. The number of amides is 1. The van der Waals surface area contributed by atoms with Gasteiger partial charge in [0.1, 0.15) is 0 Å². The third-order valence-electron chi connectivity index (χ3n) is 2.93. The molecule has 0 unspecified atom stereocenters. The fourth-order valence-corrected chi connectivity index (χ4v) is 1.81. The number of anilines is 1. The number of nitrogens with one attached hydrogen (secondary N) is 2. The summed E-state index contributed by atoms with van der Waals surface area (Å²) in [6.07, 6.45) is 0.398. The summed E-state index contributed by atoms with van der Waals surface area (Å²) < 4.78 is 4.66. The van der Waals surface area contributed by atoms with Gasteiger partial charge in [-0.2, -0.15) is 0 Å². The van der Waals surface area contributed by atoms with Crippen LogP contribution in [0.5, 0.6) is 0 Å². The Morgan fingerprint density at radius 1 is 1.24 bits per heavy atom. The van der Waals surface area contributed by atoms with Crippen LogP contribution < -0.4 is 10.6 Å². The normalized spacial score (nSPS) is 11.1. The maximum atomic E-state index is 11.9. The third-order valence-corrected chi connectivity index (χ3v) is 2.93. The highest BCUT2D eigenvalue weighted by Crippen LogP contribution is 2.17. The SMILES string of the molecule is COC(=O)c1ccc(NC(=O)CCNC(C)(C)C)c(C)c1. The molecule has 0 spiro atoms. The molecule has 1 rings (SSSR count). The van der Waals surface area contributed by atoms with E-state index in [0.717, 1.165) is 5.56 Å². The standard InChI is InChI=1S/C16H24N2O3/c1-11-10-12(15(20)21-5)6-7-13(11)18-14(19)8-9-17-16(2,3)4/h6-7,10,17H,8-9H2,1-5H3,(H,18,19). The van der Waals surface area contributed by atoms with Crippen LogP contribution in [0.1, 0.15) is 43.1 Å². The second-order valence-electron chi connectivity index (χ2n) is 6.00. The van der Waals surface area contributed by atoms with Gasteiger partial charge in [0, 0.05) is 24.2 Å². The van der Waals surface area contributed by atoms with Crippen molar-refractivity contribution in [2.75, 3.05) is 19.0 Å². The molecule has 0 atom stereocenters. The Hall–Kier alpha value is -1.88. The molecular formula is C16H24N2O3. The van der Waals surface area contributed by atoms with Crippen LogP contribution in [0.4, 0.5) is 5.69 Å². The first-order valence-corrected chi connectivity index (χ1v) is 6.97. The Kier molecular flexibility index (Phi) is 5.90. The Balaban J connectivity index is 2.59. The molecule has 0 fully saturated rings. The number of esters is 1. The minimum absolute atomic E-state index is 0.00163. The fourth-order valence-electron chi connectivity index (χ4n) is 1.81. The lowest BCUT2D eigenvalue weighted by atomic mass is 10.1. The lowest BCUT2D eigenvalue weighted by molar-refractivity contribution is -0.116. The van der Waals surface area contributed by atoms with Crippen molar-refractivity contribution in [3.63, 3.8) is 0 Å². The number of hydrogen-bond acceptors (Lipinski definition) is 4. The first-order chi connectivity index (χ1) is 9.73. The molecule has 1 amide bonds. The van der Waals surface area contributed by atoms with Crippen molar-refractivity contribution in [3.8, 4) is 0 Å². The van der Waals surface area contributed by atoms with Gasteiger partial charge in [-0.3, -0.25) is 4.79 Å². The number of rotatable bonds is 5. The minimum Gasteiger partial charge on any atom is -0.465 e. The molecule has 0 saturated carbocycles. The summed E-state index contributed by atoms with van der Waals surface area (Å²) in [4.78, 5) is 23.3. The molecule has 0 heterocycles. The maximum Gasteiger partial charge on any atom is 0.337 e. The quantitative estimate of drug-likeness (QED) is 0.818. The average molecular weight is 292 g/mol. The molecule has 5 nitrogen and oxygen atoms in total. The topological polar surface area (TPSA) is 67.4 Å². The van der Waals surface area contributed by atoms with Crippen LogP contribution in [0.3, 0.4) is 0 Å². The van der Waals surface area contributed by atoms with Crippen LogP contribution >= 0.6 is 0 Å². The van der Waals surface area contributed by atoms with Gasteiger partial charge >= 0.3 is 5.97 Å². The third kappa shape index (κ3) is 5.95. The highest BCUT2D eigenvalue weighted by Gasteiger charge is 2.11.